The van der Waals surface area contributed by atoms with Gasteiger partial charge in [-0.2, -0.15) is 5.10 Å². The minimum atomic E-state index is -3.48. The van der Waals surface area contributed by atoms with Gasteiger partial charge in [0.25, 0.3) is 0 Å². The first-order valence-electron chi connectivity index (χ1n) is 7.72. The molecule has 2 N–H and O–H groups in total. The number of rotatable bonds is 5. The van der Waals surface area contributed by atoms with Crippen LogP contribution < -0.4 is 4.72 Å². The van der Waals surface area contributed by atoms with Crippen LogP contribution in [0.1, 0.15) is 42.9 Å². The number of aromatic nitrogens is 2. The highest BCUT2D eigenvalue weighted by molar-refractivity contribution is 7.92. The van der Waals surface area contributed by atoms with Gasteiger partial charge < -0.3 is 4.74 Å². The van der Waals surface area contributed by atoms with E-state index in [0.717, 1.165) is 37.3 Å². The van der Waals surface area contributed by atoms with E-state index in [2.05, 4.69) is 14.9 Å². The Morgan fingerprint density at radius 3 is 2.68 bits per heavy atom. The first kappa shape index (κ1) is 15.7. The maximum absolute atomic E-state index is 12.8. The van der Waals surface area contributed by atoms with Crippen molar-refractivity contribution < 1.29 is 17.5 Å². The van der Waals surface area contributed by atoms with Crippen molar-refractivity contribution in [3.05, 3.63) is 11.3 Å². The predicted octanol–water partition coefficient (Wildman–Crippen LogP) is 2.10. The molecule has 0 spiro atoms. The largest absolute Gasteiger partial charge is 0.381 e. The van der Waals surface area contributed by atoms with Gasteiger partial charge in [0.1, 0.15) is 6.17 Å². The molecule has 1 aliphatic carbocycles. The smallest absolute Gasteiger partial charge is 0.234 e. The summed E-state index contributed by atoms with van der Waals surface area (Å²) in [5, 5.41) is 7.07. The maximum atomic E-state index is 12.8. The first-order chi connectivity index (χ1) is 10.4. The molecule has 1 aliphatic heterocycles. The summed E-state index contributed by atoms with van der Waals surface area (Å²) in [6.07, 6.45) is 1.67. The molecule has 1 aromatic rings. The number of sulfonamides is 1. The van der Waals surface area contributed by atoms with Gasteiger partial charge in [-0.05, 0) is 38.5 Å². The van der Waals surface area contributed by atoms with E-state index in [1.54, 1.807) is 0 Å². The highest BCUT2D eigenvalue weighted by Crippen LogP contribution is 2.33. The van der Waals surface area contributed by atoms with E-state index in [4.69, 9.17) is 4.74 Å². The lowest BCUT2D eigenvalue weighted by atomic mass is 9.85. The van der Waals surface area contributed by atoms with Crippen LogP contribution in [0.3, 0.4) is 0 Å². The average molecular weight is 331 g/mol. The average Bonchev–Trinajstić information content (AvgIpc) is 2.79. The fourth-order valence-corrected chi connectivity index (χ4v) is 4.65. The first-order valence-corrected chi connectivity index (χ1v) is 9.37. The number of halogens is 1. The molecule has 22 heavy (non-hydrogen) atoms. The second-order valence-corrected chi connectivity index (χ2v) is 8.08. The van der Waals surface area contributed by atoms with Gasteiger partial charge in [-0.3, -0.25) is 9.82 Å². The normalized spacial score (nSPS) is 26.6. The molecule has 0 amide bonds. The van der Waals surface area contributed by atoms with Gasteiger partial charge in [0.15, 0.2) is 5.82 Å². The second-order valence-electron chi connectivity index (χ2n) is 6.32. The molecular formula is C14H22FN3O3S. The van der Waals surface area contributed by atoms with Crippen molar-refractivity contribution in [1.82, 2.24) is 10.2 Å². The minimum Gasteiger partial charge on any atom is -0.381 e. The Kier molecular flexibility index (Phi) is 4.40. The molecule has 1 aromatic heterocycles. The number of ether oxygens (including phenoxy) is 1. The van der Waals surface area contributed by atoms with Crippen LogP contribution in [-0.4, -0.2) is 43.8 Å². The summed E-state index contributed by atoms with van der Waals surface area (Å²) in [4.78, 5) is 0. The summed E-state index contributed by atoms with van der Waals surface area (Å²) in [5.74, 6) is 0.574. The summed E-state index contributed by atoms with van der Waals surface area (Å²) in [6.45, 7) is 3.31. The number of H-pyrrole nitrogens is 1. The number of hydrogen-bond acceptors (Lipinski definition) is 4. The quantitative estimate of drug-likeness (QED) is 0.865. The van der Waals surface area contributed by atoms with Crippen LogP contribution in [-0.2, 0) is 14.8 Å². The molecule has 0 aromatic carbocycles. The van der Waals surface area contributed by atoms with E-state index in [1.165, 1.54) is 0 Å². The molecule has 0 radical (unpaired) electrons. The van der Waals surface area contributed by atoms with Crippen molar-refractivity contribution in [2.75, 3.05) is 23.7 Å². The molecule has 8 heteroatoms. The van der Waals surface area contributed by atoms with Gasteiger partial charge in [0, 0.05) is 30.4 Å². The van der Waals surface area contributed by atoms with Crippen molar-refractivity contribution in [2.45, 2.75) is 44.7 Å². The topological polar surface area (TPSA) is 84.1 Å². The molecular weight excluding hydrogens is 309 g/mol. The Hall–Kier alpha value is -1.15. The molecule has 6 nitrogen and oxygen atoms in total. The molecule has 3 rings (SSSR count). The minimum absolute atomic E-state index is 0.0354. The molecule has 2 fully saturated rings. The number of nitrogens with zero attached hydrogens (tertiary/aromatic N) is 1. The van der Waals surface area contributed by atoms with Gasteiger partial charge in [-0.15, -0.1) is 0 Å². The zero-order chi connectivity index (χ0) is 15.7. The van der Waals surface area contributed by atoms with Crippen molar-refractivity contribution in [3.8, 4) is 0 Å². The van der Waals surface area contributed by atoms with E-state index in [0.29, 0.717) is 24.6 Å². The van der Waals surface area contributed by atoms with E-state index in [9.17, 15) is 12.8 Å². The van der Waals surface area contributed by atoms with Crippen molar-refractivity contribution >= 4 is 15.8 Å². The summed E-state index contributed by atoms with van der Waals surface area (Å²) in [7, 11) is -3.48. The highest BCUT2D eigenvalue weighted by atomic mass is 32.2. The third-order valence-corrected chi connectivity index (χ3v) is 5.98. The van der Waals surface area contributed by atoms with E-state index in [1.807, 2.05) is 6.92 Å². The maximum Gasteiger partial charge on any atom is 0.234 e. The molecule has 1 saturated carbocycles. The van der Waals surface area contributed by atoms with Crippen LogP contribution in [0.5, 0.6) is 0 Å². The molecule has 0 unspecified atom stereocenters. The van der Waals surface area contributed by atoms with E-state index in [-0.39, 0.29) is 11.7 Å². The zero-order valence-corrected chi connectivity index (χ0v) is 13.5. The third-order valence-electron chi connectivity index (χ3n) is 4.56. The zero-order valence-electron chi connectivity index (χ0n) is 12.6. The number of nitrogens with one attached hydrogen (secondary N) is 2. The van der Waals surface area contributed by atoms with Crippen LogP contribution in [0.25, 0.3) is 0 Å². The fraction of sp³-hybridized carbons (Fsp3) is 0.786. The molecule has 1 saturated heterocycles. The summed E-state index contributed by atoms with van der Waals surface area (Å²) in [6, 6.07) is 0. The van der Waals surface area contributed by atoms with Gasteiger partial charge in [-0.1, -0.05) is 0 Å². The van der Waals surface area contributed by atoms with Crippen molar-refractivity contribution in [1.29, 1.82) is 0 Å². The van der Waals surface area contributed by atoms with Gasteiger partial charge in [-0.25, -0.2) is 12.8 Å². The SMILES string of the molecule is Cc1c(NS(=O)(=O)CC2CC(F)C2)n[nH]c1C1CCOCC1. The number of aromatic amines is 1. The number of hydrogen-bond donors (Lipinski definition) is 2. The summed E-state index contributed by atoms with van der Waals surface area (Å²) >= 11 is 0. The fourth-order valence-electron chi connectivity index (χ4n) is 3.18. The Morgan fingerprint density at radius 1 is 1.36 bits per heavy atom. The van der Waals surface area contributed by atoms with Crippen molar-refractivity contribution in [3.63, 3.8) is 0 Å². The van der Waals surface area contributed by atoms with E-state index < -0.39 is 16.2 Å². The highest BCUT2D eigenvalue weighted by Gasteiger charge is 2.33. The van der Waals surface area contributed by atoms with Crippen LogP contribution in [0.2, 0.25) is 0 Å². The van der Waals surface area contributed by atoms with Crippen molar-refractivity contribution in [2.24, 2.45) is 5.92 Å². The molecule has 124 valence electrons. The lowest BCUT2D eigenvalue weighted by Crippen LogP contribution is -2.33. The van der Waals surface area contributed by atoms with Crippen LogP contribution in [0.15, 0.2) is 0 Å². The number of anilines is 1. The standard InChI is InChI=1S/C14H22FN3O3S/c1-9-13(11-2-4-21-5-3-11)16-17-14(9)18-22(19,20)8-10-6-12(15)7-10/h10-12H,2-8H2,1H3,(H2,16,17,18). The van der Waals surface area contributed by atoms with E-state index >= 15 is 0 Å². The molecule has 2 aliphatic rings. The summed E-state index contributed by atoms with van der Waals surface area (Å²) < 4.78 is 45.0. The number of alkyl halides is 1. The monoisotopic (exact) mass is 331 g/mol. The van der Waals surface area contributed by atoms with Crippen LogP contribution >= 0.6 is 0 Å². The van der Waals surface area contributed by atoms with Gasteiger partial charge >= 0.3 is 0 Å². The molecule has 0 bridgehead atoms. The molecule has 0 atom stereocenters. The Labute approximate surface area is 129 Å². The summed E-state index contributed by atoms with van der Waals surface area (Å²) in [5.41, 5.74) is 1.82. The Morgan fingerprint density at radius 2 is 2.05 bits per heavy atom. The lowest BCUT2D eigenvalue weighted by molar-refractivity contribution is 0.0844. The van der Waals surface area contributed by atoms with Gasteiger partial charge in [0.2, 0.25) is 10.0 Å². The predicted molar refractivity (Wildman–Crippen MR) is 81.1 cm³/mol. The molecule has 2 heterocycles. The third kappa shape index (κ3) is 3.43. The Bertz CT molecular complexity index is 619. The van der Waals surface area contributed by atoms with Crippen LogP contribution in [0, 0.1) is 12.8 Å². The Balaban J connectivity index is 1.66. The second kappa shape index (κ2) is 6.16. The van der Waals surface area contributed by atoms with Crippen LogP contribution in [0.4, 0.5) is 10.2 Å². The lowest BCUT2D eigenvalue weighted by Gasteiger charge is -2.29. The van der Waals surface area contributed by atoms with Gasteiger partial charge in [0.05, 0.1) is 5.75 Å².